The van der Waals surface area contributed by atoms with E-state index >= 15 is 0 Å². The Bertz CT molecular complexity index is 1050. The Morgan fingerprint density at radius 3 is 2.72 bits per heavy atom. The van der Waals surface area contributed by atoms with Crippen molar-refractivity contribution in [3.05, 3.63) is 65.1 Å². The molecule has 8 heteroatoms. The lowest BCUT2D eigenvalue weighted by Gasteiger charge is -2.13. The van der Waals surface area contributed by atoms with Crippen LogP contribution in [-0.4, -0.2) is 22.6 Å². The van der Waals surface area contributed by atoms with Gasteiger partial charge in [0.15, 0.2) is 0 Å². The Labute approximate surface area is 200 Å². The minimum atomic E-state index is -0.267. The molecule has 0 bridgehead atoms. The van der Waals surface area contributed by atoms with Crippen molar-refractivity contribution in [2.24, 2.45) is 0 Å². The Morgan fingerprint density at radius 1 is 1.24 bits per heavy atom. The molecule has 0 aromatic heterocycles. The topological polar surface area (TPSA) is 70.4 Å². The first-order chi connectivity index (χ1) is 13.9. The fourth-order valence-corrected chi connectivity index (χ4v) is 5.70. The van der Waals surface area contributed by atoms with Crippen molar-refractivity contribution >= 4 is 74.2 Å². The molecule has 2 aromatic carbocycles. The number of nitriles is 1. The minimum absolute atomic E-state index is 0.235. The number of nitrogens with zero attached hydrogens (tertiary/aromatic N) is 2. The molecule has 1 aliphatic heterocycles. The van der Waals surface area contributed by atoms with Crippen LogP contribution in [0.4, 0.5) is 4.79 Å². The van der Waals surface area contributed by atoms with Crippen molar-refractivity contribution in [3.8, 4) is 11.8 Å². The average molecular weight is 630 g/mol. The maximum absolute atomic E-state index is 12.6. The summed E-state index contributed by atoms with van der Waals surface area (Å²) in [6.45, 7) is 2.58. The molecule has 0 N–H and O–H groups in total. The zero-order valence-electron chi connectivity index (χ0n) is 15.4. The highest BCUT2D eigenvalue weighted by Crippen LogP contribution is 2.36. The van der Waals surface area contributed by atoms with Gasteiger partial charge < -0.3 is 4.74 Å². The summed E-state index contributed by atoms with van der Waals surface area (Å²) >= 11 is 5.36. The van der Waals surface area contributed by atoms with Gasteiger partial charge in [-0.2, -0.15) is 5.26 Å². The monoisotopic (exact) mass is 630 g/mol. The van der Waals surface area contributed by atoms with Gasteiger partial charge in [0.2, 0.25) is 0 Å². The molecule has 2 amide bonds. The van der Waals surface area contributed by atoms with Gasteiger partial charge >= 0.3 is 0 Å². The van der Waals surface area contributed by atoms with Crippen molar-refractivity contribution < 1.29 is 14.3 Å². The number of halogens is 2. The summed E-state index contributed by atoms with van der Waals surface area (Å²) < 4.78 is 7.96. The molecule has 1 fully saturated rings. The number of ether oxygens (including phenoxy) is 1. The second kappa shape index (κ2) is 9.95. The number of carbonyl (C=O) groups is 2. The fraction of sp³-hybridized carbons (Fsp3) is 0.190. The highest BCUT2D eigenvalue weighted by molar-refractivity contribution is 14.1. The molecule has 0 aliphatic carbocycles. The zero-order valence-corrected chi connectivity index (χ0v) is 20.6. The number of thioether (sulfide) groups is 1. The van der Waals surface area contributed by atoms with Gasteiger partial charge in [0.25, 0.3) is 11.1 Å². The lowest BCUT2D eigenvalue weighted by molar-refractivity contribution is -0.122. The van der Waals surface area contributed by atoms with Crippen LogP contribution in [0.25, 0.3) is 6.08 Å². The van der Waals surface area contributed by atoms with Gasteiger partial charge in [-0.15, -0.1) is 0 Å². The molecule has 0 unspecified atom stereocenters. The fourth-order valence-electron chi connectivity index (χ4n) is 2.80. The molecule has 1 aliphatic rings. The van der Waals surface area contributed by atoms with Crippen molar-refractivity contribution in [2.45, 2.75) is 20.0 Å². The summed E-state index contributed by atoms with van der Waals surface area (Å²) in [6.07, 6.45) is 2.44. The van der Waals surface area contributed by atoms with E-state index in [-0.39, 0.29) is 17.8 Å². The van der Waals surface area contributed by atoms with E-state index in [1.807, 2.05) is 37.3 Å². The van der Waals surface area contributed by atoms with Crippen LogP contribution in [0.15, 0.2) is 41.3 Å². The summed E-state index contributed by atoms with van der Waals surface area (Å²) in [5.74, 6) is 0.359. The smallest absolute Gasteiger partial charge is 0.293 e. The third kappa shape index (κ3) is 5.13. The number of benzene rings is 2. The van der Waals surface area contributed by atoms with Gasteiger partial charge in [0, 0.05) is 21.2 Å². The van der Waals surface area contributed by atoms with Crippen LogP contribution < -0.4 is 4.74 Å². The largest absolute Gasteiger partial charge is 0.487 e. The van der Waals surface area contributed by atoms with Crippen LogP contribution in [0.5, 0.6) is 5.75 Å². The lowest BCUT2D eigenvalue weighted by Crippen LogP contribution is -2.28. The first kappa shape index (κ1) is 22.1. The van der Waals surface area contributed by atoms with E-state index in [9.17, 15) is 14.9 Å². The van der Waals surface area contributed by atoms with E-state index < -0.39 is 0 Å². The van der Waals surface area contributed by atoms with Crippen LogP contribution in [0, 0.1) is 18.5 Å². The van der Waals surface area contributed by atoms with E-state index in [0.717, 1.165) is 36.4 Å². The Balaban J connectivity index is 1.93. The Kier molecular flexibility index (Phi) is 7.59. The van der Waals surface area contributed by atoms with Crippen LogP contribution in [0.3, 0.4) is 0 Å². The average Bonchev–Trinajstić information content (AvgIpc) is 2.95. The summed E-state index contributed by atoms with van der Waals surface area (Å²) in [7, 11) is 0. The van der Waals surface area contributed by atoms with Crippen molar-refractivity contribution in [1.29, 1.82) is 5.26 Å². The van der Waals surface area contributed by atoms with E-state index in [4.69, 9.17) is 4.74 Å². The van der Waals surface area contributed by atoms with Gasteiger partial charge in [-0.25, -0.2) is 0 Å². The molecule has 1 saturated heterocycles. The molecule has 5 nitrogen and oxygen atoms in total. The third-order valence-corrected chi connectivity index (χ3v) is 6.49. The van der Waals surface area contributed by atoms with Crippen LogP contribution in [-0.2, 0) is 11.4 Å². The molecule has 29 heavy (non-hydrogen) atoms. The highest BCUT2D eigenvalue weighted by atomic mass is 127. The molecular weight excluding hydrogens is 614 g/mol. The molecular formula is C21H16I2N2O3S. The van der Waals surface area contributed by atoms with Gasteiger partial charge in [-0.1, -0.05) is 25.1 Å². The van der Waals surface area contributed by atoms with E-state index in [1.165, 1.54) is 4.90 Å². The second-order valence-corrected chi connectivity index (χ2v) is 9.60. The number of hydrogen-bond acceptors (Lipinski definition) is 5. The summed E-state index contributed by atoms with van der Waals surface area (Å²) in [4.78, 5) is 26.4. The summed E-state index contributed by atoms with van der Waals surface area (Å²) in [6, 6.07) is 13.4. The first-order valence-corrected chi connectivity index (χ1v) is 11.8. The SMILES string of the molecule is CCCN1C(=O)S/C(=C/c2cc(I)cc(I)c2OCc2ccccc2C#N)C1=O. The zero-order chi connectivity index (χ0) is 21.0. The third-order valence-electron chi connectivity index (χ3n) is 4.15. The van der Waals surface area contributed by atoms with Crippen LogP contribution >= 0.6 is 56.9 Å². The quantitative estimate of drug-likeness (QED) is 0.299. The molecule has 0 atom stereocenters. The molecule has 2 aromatic rings. The molecule has 1 heterocycles. The maximum Gasteiger partial charge on any atom is 0.293 e. The van der Waals surface area contributed by atoms with Crippen molar-refractivity contribution in [3.63, 3.8) is 0 Å². The maximum atomic E-state index is 12.6. The number of carbonyl (C=O) groups excluding carboxylic acids is 2. The van der Waals surface area contributed by atoms with Gasteiger partial charge in [-0.3, -0.25) is 14.5 Å². The number of rotatable bonds is 6. The predicted octanol–water partition coefficient (Wildman–Crippen LogP) is 5.79. The molecule has 3 rings (SSSR count). The highest BCUT2D eigenvalue weighted by Gasteiger charge is 2.34. The second-order valence-electron chi connectivity index (χ2n) is 6.20. The molecule has 0 radical (unpaired) electrons. The Hall–Kier alpha value is -1.58. The van der Waals surface area contributed by atoms with Gasteiger partial charge in [0.1, 0.15) is 12.4 Å². The first-order valence-electron chi connectivity index (χ1n) is 8.79. The van der Waals surface area contributed by atoms with Crippen LogP contribution in [0.1, 0.15) is 30.0 Å². The van der Waals surface area contributed by atoms with Gasteiger partial charge in [-0.05, 0) is 87.6 Å². The summed E-state index contributed by atoms with van der Waals surface area (Å²) in [5, 5.41) is 9.04. The Morgan fingerprint density at radius 2 is 2.00 bits per heavy atom. The molecule has 148 valence electrons. The van der Waals surface area contributed by atoms with E-state index in [1.54, 1.807) is 12.1 Å². The standard InChI is InChI=1S/C21H16I2N2O3S/c1-2-7-25-20(26)18(29-21(25)27)9-15-8-16(22)10-17(23)19(15)28-12-14-6-4-3-5-13(14)11-24/h3-6,8-10H,2,7,12H2,1H3/b18-9+. The van der Waals surface area contributed by atoms with Crippen LogP contribution in [0.2, 0.25) is 0 Å². The van der Waals surface area contributed by atoms with E-state index in [0.29, 0.717) is 22.8 Å². The van der Waals surface area contributed by atoms with Crippen molar-refractivity contribution in [2.75, 3.05) is 6.54 Å². The number of imide groups is 1. The minimum Gasteiger partial charge on any atom is -0.487 e. The number of hydrogen-bond donors (Lipinski definition) is 0. The van der Waals surface area contributed by atoms with E-state index in [2.05, 4.69) is 51.3 Å². The van der Waals surface area contributed by atoms with Gasteiger partial charge in [0.05, 0.1) is 20.1 Å². The normalized spacial score (nSPS) is 15.1. The predicted molar refractivity (Wildman–Crippen MR) is 130 cm³/mol. The molecule has 0 saturated carbocycles. The van der Waals surface area contributed by atoms with Crippen molar-refractivity contribution in [1.82, 2.24) is 4.90 Å². The lowest BCUT2D eigenvalue weighted by atomic mass is 10.1. The summed E-state index contributed by atoms with van der Waals surface area (Å²) in [5.41, 5.74) is 2.09. The number of amides is 2. The molecule has 0 spiro atoms.